The minimum Gasteiger partial charge on any atom is -0.383 e. The minimum atomic E-state index is -0.616. The fraction of sp³-hybridized carbons (Fsp3) is 0.207. The Hall–Kier alpha value is -4.59. The van der Waals surface area contributed by atoms with Gasteiger partial charge in [0.05, 0.1) is 13.1 Å². The smallest absolute Gasteiger partial charge is 0.330 e. The first kappa shape index (κ1) is 24.1. The van der Waals surface area contributed by atoms with Gasteiger partial charge in [0.1, 0.15) is 11.5 Å². The van der Waals surface area contributed by atoms with Crippen molar-refractivity contribution in [1.82, 2.24) is 9.55 Å². The van der Waals surface area contributed by atoms with E-state index in [1.54, 1.807) is 9.80 Å². The van der Waals surface area contributed by atoms with Gasteiger partial charge in [-0.2, -0.15) is 0 Å². The summed E-state index contributed by atoms with van der Waals surface area (Å²) in [7, 11) is 0. The fourth-order valence-electron chi connectivity index (χ4n) is 4.87. The van der Waals surface area contributed by atoms with E-state index in [4.69, 9.17) is 5.73 Å². The molecule has 0 spiro atoms. The van der Waals surface area contributed by atoms with Gasteiger partial charge >= 0.3 is 5.69 Å². The number of hydrogen-bond acceptors (Lipinski definition) is 5. The van der Waals surface area contributed by atoms with Gasteiger partial charge in [-0.1, -0.05) is 78.9 Å². The number of nitrogen functional groups attached to an aromatic ring is 1. The van der Waals surface area contributed by atoms with Crippen LogP contribution in [0.25, 0.3) is 0 Å². The second-order valence-electron chi connectivity index (χ2n) is 9.18. The summed E-state index contributed by atoms with van der Waals surface area (Å²) in [5.41, 5.74) is 9.20. The van der Waals surface area contributed by atoms with E-state index in [-0.39, 0.29) is 37.0 Å². The number of H-pyrrole nitrogens is 1. The van der Waals surface area contributed by atoms with Crippen molar-refractivity contribution in [3.8, 4) is 0 Å². The zero-order valence-electron chi connectivity index (χ0n) is 20.5. The van der Waals surface area contributed by atoms with Crippen molar-refractivity contribution in [1.29, 1.82) is 0 Å². The molecule has 37 heavy (non-hydrogen) atoms. The van der Waals surface area contributed by atoms with Crippen LogP contribution in [0.3, 0.4) is 0 Å². The van der Waals surface area contributed by atoms with Crippen LogP contribution in [0.1, 0.15) is 23.1 Å². The quantitative estimate of drug-likeness (QED) is 0.410. The lowest BCUT2D eigenvalue weighted by molar-refractivity contribution is -0.117. The van der Waals surface area contributed by atoms with E-state index in [0.29, 0.717) is 6.54 Å². The fourth-order valence-corrected chi connectivity index (χ4v) is 4.87. The van der Waals surface area contributed by atoms with E-state index in [2.05, 4.69) is 4.98 Å². The number of nitrogens with two attached hydrogens (primary N) is 1. The lowest BCUT2D eigenvalue weighted by Crippen LogP contribution is -2.45. The van der Waals surface area contributed by atoms with Gasteiger partial charge in [0.25, 0.3) is 5.56 Å². The van der Waals surface area contributed by atoms with Crippen molar-refractivity contribution < 1.29 is 4.79 Å². The highest BCUT2D eigenvalue weighted by molar-refractivity contribution is 5.97. The zero-order chi connectivity index (χ0) is 25.8. The Morgan fingerprint density at radius 2 is 1.54 bits per heavy atom. The molecule has 0 unspecified atom stereocenters. The van der Waals surface area contributed by atoms with Gasteiger partial charge in [0, 0.05) is 18.8 Å². The van der Waals surface area contributed by atoms with Crippen molar-refractivity contribution >= 4 is 23.1 Å². The maximum Gasteiger partial charge on any atom is 0.330 e. The second kappa shape index (κ2) is 10.6. The number of aromatic nitrogens is 2. The molecule has 1 aliphatic rings. The third-order valence-electron chi connectivity index (χ3n) is 6.67. The minimum absolute atomic E-state index is 0.0281. The number of amides is 1. The van der Waals surface area contributed by atoms with Crippen LogP contribution in [0, 0.1) is 0 Å². The molecular weight excluding hydrogens is 466 g/mol. The van der Waals surface area contributed by atoms with E-state index < -0.39 is 11.2 Å². The van der Waals surface area contributed by atoms with Crippen LogP contribution in [0.15, 0.2) is 94.5 Å². The van der Waals surface area contributed by atoms with Gasteiger partial charge in [0.2, 0.25) is 5.91 Å². The molecule has 8 nitrogen and oxygen atoms in total. The number of rotatable bonds is 7. The molecule has 1 amide bonds. The number of carbonyl (C=O) groups excluding carboxylic acids is 1. The highest BCUT2D eigenvalue weighted by atomic mass is 16.2. The highest BCUT2D eigenvalue weighted by Gasteiger charge is 2.27. The predicted octanol–water partition coefficient (Wildman–Crippen LogP) is 3.15. The summed E-state index contributed by atoms with van der Waals surface area (Å²) in [6.07, 6.45) is 1.79. The molecule has 1 aliphatic heterocycles. The maximum absolute atomic E-state index is 13.7. The summed E-state index contributed by atoms with van der Waals surface area (Å²) in [6.45, 7) is 1.01. The zero-order valence-corrected chi connectivity index (χ0v) is 20.5. The molecule has 0 saturated carbocycles. The molecule has 0 radical (unpaired) electrons. The van der Waals surface area contributed by atoms with E-state index in [1.807, 2.05) is 84.9 Å². The summed E-state index contributed by atoms with van der Waals surface area (Å²) in [5.74, 6) is -0.108. The van der Waals surface area contributed by atoms with Gasteiger partial charge in [-0.3, -0.25) is 19.1 Å². The van der Waals surface area contributed by atoms with Gasteiger partial charge in [0.15, 0.2) is 0 Å². The molecule has 188 valence electrons. The summed E-state index contributed by atoms with van der Waals surface area (Å²) < 4.78 is 1.34. The number of anilines is 3. The van der Waals surface area contributed by atoms with Gasteiger partial charge in [-0.25, -0.2) is 4.79 Å². The highest BCUT2D eigenvalue weighted by Crippen LogP contribution is 2.28. The van der Waals surface area contributed by atoms with Crippen LogP contribution in [-0.4, -0.2) is 28.5 Å². The van der Waals surface area contributed by atoms with E-state index >= 15 is 0 Å². The number of fused-ring (bicyclic) bond motifs is 1. The predicted molar refractivity (Wildman–Crippen MR) is 146 cm³/mol. The normalized spacial score (nSPS) is 12.7. The Kier molecular flexibility index (Phi) is 6.89. The lowest BCUT2D eigenvalue weighted by Gasteiger charge is -2.32. The maximum atomic E-state index is 13.7. The molecule has 2 heterocycles. The van der Waals surface area contributed by atoms with Crippen molar-refractivity contribution in [2.24, 2.45) is 0 Å². The van der Waals surface area contributed by atoms with E-state index in [1.165, 1.54) is 4.57 Å². The number of nitrogens with one attached hydrogen (secondary N) is 1. The average molecular weight is 496 g/mol. The molecule has 0 saturated heterocycles. The van der Waals surface area contributed by atoms with Crippen LogP contribution < -0.4 is 26.8 Å². The lowest BCUT2D eigenvalue weighted by atomic mass is 10.0. The average Bonchev–Trinajstić information content (AvgIpc) is 2.91. The number of aryl methyl sites for hydroxylation is 1. The van der Waals surface area contributed by atoms with Gasteiger partial charge in [-0.05, 0) is 35.6 Å². The number of nitrogens with zero attached hydrogens (tertiary/aromatic N) is 3. The summed E-state index contributed by atoms with van der Waals surface area (Å²) in [4.78, 5) is 45.4. The number of aromatic amines is 1. The standard InChI is InChI=1S/C29H29N5O3/c30-27-26(28(36)31-29(37)34(27)19-22-12-5-2-6-13-22)32(18-21-10-3-1-4-11-21)20-25(35)33-17-9-15-23-14-7-8-16-24(23)33/h1-8,10-14,16H,9,15,17-20,30H2,(H,31,36,37). The van der Waals surface area contributed by atoms with Crippen LogP contribution >= 0.6 is 0 Å². The largest absolute Gasteiger partial charge is 0.383 e. The number of carbonyl (C=O) groups is 1. The molecule has 0 bridgehead atoms. The molecule has 3 aromatic carbocycles. The molecular formula is C29H29N5O3. The number of hydrogen-bond donors (Lipinski definition) is 2. The summed E-state index contributed by atoms with van der Waals surface area (Å²) in [5, 5.41) is 0. The monoisotopic (exact) mass is 495 g/mol. The van der Waals surface area contributed by atoms with Gasteiger partial charge in [-0.15, -0.1) is 0 Å². The Balaban J connectivity index is 1.54. The Labute approximate surface area is 214 Å². The molecule has 8 heteroatoms. The van der Waals surface area contributed by atoms with Crippen LogP contribution in [-0.2, 0) is 24.3 Å². The third kappa shape index (κ3) is 5.18. The third-order valence-corrected chi connectivity index (χ3v) is 6.67. The van der Waals surface area contributed by atoms with Crippen LogP contribution in [0.2, 0.25) is 0 Å². The first-order valence-electron chi connectivity index (χ1n) is 12.3. The molecule has 0 fully saturated rings. The van der Waals surface area contributed by atoms with Gasteiger partial charge < -0.3 is 15.5 Å². The molecule has 0 aliphatic carbocycles. The first-order valence-corrected chi connectivity index (χ1v) is 12.3. The Bertz CT molecular complexity index is 1510. The molecule has 0 atom stereocenters. The van der Waals surface area contributed by atoms with Crippen LogP contribution in [0.5, 0.6) is 0 Å². The molecule has 4 aromatic rings. The van der Waals surface area contributed by atoms with Crippen molar-refractivity contribution in [3.05, 3.63) is 122 Å². The van der Waals surface area contributed by atoms with Crippen molar-refractivity contribution in [2.75, 3.05) is 28.6 Å². The molecule has 1 aromatic heterocycles. The topological polar surface area (TPSA) is 104 Å². The summed E-state index contributed by atoms with van der Waals surface area (Å²) in [6, 6.07) is 26.9. The Morgan fingerprint density at radius 3 is 2.27 bits per heavy atom. The molecule has 5 rings (SSSR count). The number of benzene rings is 3. The van der Waals surface area contributed by atoms with Crippen LogP contribution in [0.4, 0.5) is 17.2 Å². The van der Waals surface area contributed by atoms with E-state index in [9.17, 15) is 14.4 Å². The van der Waals surface area contributed by atoms with Crippen molar-refractivity contribution in [2.45, 2.75) is 25.9 Å². The van der Waals surface area contributed by atoms with E-state index in [0.717, 1.165) is 35.2 Å². The first-order chi connectivity index (χ1) is 18.0. The SMILES string of the molecule is Nc1c(N(CC(=O)N2CCCc3ccccc32)Cc2ccccc2)c(=O)[nH]c(=O)n1Cc1ccccc1. The van der Waals surface area contributed by atoms with Crippen molar-refractivity contribution in [3.63, 3.8) is 0 Å². The number of para-hydroxylation sites is 1. The second-order valence-corrected chi connectivity index (χ2v) is 9.18. The molecule has 3 N–H and O–H groups in total. The Morgan fingerprint density at radius 1 is 0.892 bits per heavy atom. The summed E-state index contributed by atoms with van der Waals surface area (Å²) >= 11 is 0.